The second-order valence-electron chi connectivity index (χ2n) is 6.25. The van der Waals surface area contributed by atoms with E-state index in [0.717, 1.165) is 6.42 Å². The van der Waals surface area contributed by atoms with Crippen LogP contribution in [0.25, 0.3) is 28.2 Å². The SMILES string of the molecule is Cc1cc(-n2c(-c3ccnc4nc(NCCCN)[nH]c34)noc2=O)ccc1F. The van der Waals surface area contributed by atoms with Crippen LogP contribution in [0.1, 0.15) is 12.0 Å². The number of benzene rings is 1. The lowest BCUT2D eigenvalue weighted by atomic mass is 10.2. The Balaban J connectivity index is 1.83. The van der Waals surface area contributed by atoms with Crippen LogP contribution in [0.15, 0.2) is 39.8 Å². The minimum atomic E-state index is -0.674. The molecule has 0 aliphatic carbocycles. The molecule has 0 unspecified atom stereocenters. The quantitative estimate of drug-likeness (QED) is 0.434. The summed E-state index contributed by atoms with van der Waals surface area (Å²) in [5.41, 5.74) is 8.00. The first-order chi connectivity index (χ1) is 13.6. The fourth-order valence-electron chi connectivity index (χ4n) is 2.91. The number of anilines is 1. The number of pyridine rings is 1. The molecule has 4 N–H and O–H groups in total. The highest BCUT2D eigenvalue weighted by Gasteiger charge is 2.19. The molecule has 10 heteroatoms. The van der Waals surface area contributed by atoms with Gasteiger partial charge in [-0.1, -0.05) is 5.16 Å². The summed E-state index contributed by atoms with van der Waals surface area (Å²) in [7, 11) is 0. The van der Waals surface area contributed by atoms with Crippen LogP contribution in [0.3, 0.4) is 0 Å². The number of aromatic amines is 1. The average molecular weight is 383 g/mol. The van der Waals surface area contributed by atoms with Crippen LogP contribution in [0.4, 0.5) is 10.3 Å². The summed E-state index contributed by atoms with van der Waals surface area (Å²) in [5, 5.41) is 7.06. The van der Waals surface area contributed by atoms with Crippen LogP contribution in [0, 0.1) is 12.7 Å². The number of nitrogens with zero attached hydrogens (tertiary/aromatic N) is 4. The maximum atomic E-state index is 13.6. The van der Waals surface area contributed by atoms with Crippen LogP contribution in [-0.4, -0.2) is 37.8 Å². The molecule has 4 aromatic rings. The van der Waals surface area contributed by atoms with E-state index in [2.05, 4.69) is 25.4 Å². The molecular weight excluding hydrogens is 365 g/mol. The molecule has 0 bridgehead atoms. The van der Waals surface area contributed by atoms with E-state index >= 15 is 0 Å². The van der Waals surface area contributed by atoms with E-state index in [0.29, 0.717) is 47.0 Å². The Labute approximate surface area is 158 Å². The number of imidazole rings is 1. The van der Waals surface area contributed by atoms with Gasteiger partial charge in [0.2, 0.25) is 5.95 Å². The van der Waals surface area contributed by atoms with Crippen molar-refractivity contribution in [1.29, 1.82) is 0 Å². The summed E-state index contributed by atoms with van der Waals surface area (Å²) in [5.74, 6) is -0.228. The fourth-order valence-corrected chi connectivity index (χ4v) is 2.91. The summed E-state index contributed by atoms with van der Waals surface area (Å²) in [6, 6.07) is 6.05. The van der Waals surface area contributed by atoms with E-state index in [1.54, 1.807) is 25.3 Å². The summed E-state index contributed by atoms with van der Waals surface area (Å²) in [6.45, 7) is 2.85. The Morgan fingerprint density at radius 1 is 1.36 bits per heavy atom. The first kappa shape index (κ1) is 17.9. The summed E-state index contributed by atoms with van der Waals surface area (Å²) in [4.78, 5) is 24.1. The molecule has 9 nitrogen and oxygen atoms in total. The van der Waals surface area contributed by atoms with Crippen LogP contribution < -0.4 is 16.8 Å². The molecular formula is C18H18FN7O2. The fraction of sp³-hybridized carbons (Fsp3) is 0.222. The van der Waals surface area contributed by atoms with Gasteiger partial charge in [-0.15, -0.1) is 0 Å². The standard InChI is InChI=1S/C18H18FN7O2/c1-10-9-11(3-4-13(10)19)26-16(25-28-18(26)27)12-5-8-21-15-14(12)23-17(24-15)22-7-2-6-20/h3-5,8-9H,2,6-7,20H2,1H3,(H2,21,22,23,24). The van der Waals surface area contributed by atoms with E-state index < -0.39 is 5.76 Å². The lowest BCUT2D eigenvalue weighted by molar-refractivity contribution is 0.383. The molecule has 0 radical (unpaired) electrons. The van der Waals surface area contributed by atoms with Crippen LogP contribution in [0.5, 0.6) is 0 Å². The number of H-pyrrole nitrogens is 1. The number of aromatic nitrogens is 5. The molecule has 0 saturated heterocycles. The maximum Gasteiger partial charge on any atom is 0.446 e. The average Bonchev–Trinajstić information content (AvgIpc) is 3.27. The maximum absolute atomic E-state index is 13.6. The highest BCUT2D eigenvalue weighted by atomic mass is 19.1. The molecule has 0 atom stereocenters. The molecule has 0 aliphatic rings. The second kappa shape index (κ2) is 7.24. The zero-order valence-electron chi connectivity index (χ0n) is 15.1. The van der Waals surface area contributed by atoms with Gasteiger partial charge in [0.1, 0.15) is 5.82 Å². The Morgan fingerprint density at radius 3 is 3.00 bits per heavy atom. The molecule has 3 heterocycles. The van der Waals surface area contributed by atoms with Crippen molar-refractivity contribution in [3.8, 4) is 17.1 Å². The van der Waals surface area contributed by atoms with Crippen molar-refractivity contribution < 1.29 is 8.91 Å². The third kappa shape index (κ3) is 3.14. The Bertz CT molecular complexity index is 1190. The summed E-state index contributed by atoms with van der Waals surface area (Å²) >= 11 is 0. The van der Waals surface area contributed by atoms with Gasteiger partial charge < -0.3 is 16.0 Å². The van der Waals surface area contributed by atoms with Crippen molar-refractivity contribution >= 4 is 17.1 Å². The predicted molar refractivity (Wildman–Crippen MR) is 102 cm³/mol. The van der Waals surface area contributed by atoms with Crippen molar-refractivity contribution in [2.45, 2.75) is 13.3 Å². The van der Waals surface area contributed by atoms with Crippen molar-refractivity contribution in [3.63, 3.8) is 0 Å². The first-order valence-electron chi connectivity index (χ1n) is 8.73. The third-order valence-electron chi connectivity index (χ3n) is 4.31. The van der Waals surface area contributed by atoms with Gasteiger partial charge in [-0.05, 0) is 49.7 Å². The van der Waals surface area contributed by atoms with Gasteiger partial charge in [-0.3, -0.25) is 4.52 Å². The number of hydrogen-bond donors (Lipinski definition) is 3. The van der Waals surface area contributed by atoms with Crippen molar-refractivity contribution in [3.05, 3.63) is 52.4 Å². The van der Waals surface area contributed by atoms with Gasteiger partial charge in [0.25, 0.3) is 0 Å². The van der Waals surface area contributed by atoms with Gasteiger partial charge in [0.15, 0.2) is 11.5 Å². The monoisotopic (exact) mass is 383 g/mol. The Hall–Kier alpha value is -3.53. The van der Waals surface area contributed by atoms with Crippen LogP contribution in [-0.2, 0) is 0 Å². The van der Waals surface area contributed by atoms with Gasteiger partial charge in [0, 0.05) is 12.7 Å². The normalized spacial score (nSPS) is 11.2. The van der Waals surface area contributed by atoms with Gasteiger partial charge in [-0.2, -0.15) is 4.98 Å². The number of rotatable bonds is 6. The summed E-state index contributed by atoms with van der Waals surface area (Å²) < 4.78 is 19.8. The number of nitrogens with two attached hydrogens (primary N) is 1. The van der Waals surface area contributed by atoms with Gasteiger partial charge in [0.05, 0.1) is 16.8 Å². The highest BCUT2D eigenvalue weighted by Crippen LogP contribution is 2.27. The molecule has 0 amide bonds. The lowest BCUT2D eigenvalue weighted by Crippen LogP contribution is -2.13. The van der Waals surface area contributed by atoms with Crippen LogP contribution >= 0.6 is 0 Å². The molecule has 1 aromatic carbocycles. The molecule has 0 spiro atoms. The molecule has 144 valence electrons. The smallest absolute Gasteiger partial charge is 0.356 e. The molecule has 0 fully saturated rings. The number of nitrogens with one attached hydrogen (secondary N) is 2. The third-order valence-corrected chi connectivity index (χ3v) is 4.31. The van der Waals surface area contributed by atoms with Crippen molar-refractivity contribution in [2.75, 3.05) is 18.4 Å². The van der Waals surface area contributed by atoms with E-state index in [1.165, 1.54) is 16.7 Å². The number of aryl methyl sites for hydroxylation is 1. The Morgan fingerprint density at radius 2 is 2.21 bits per heavy atom. The van der Waals surface area contributed by atoms with E-state index in [4.69, 9.17) is 10.3 Å². The van der Waals surface area contributed by atoms with Crippen LogP contribution in [0.2, 0.25) is 0 Å². The molecule has 28 heavy (non-hydrogen) atoms. The summed E-state index contributed by atoms with van der Waals surface area (Å²) in [6.07, 6.45) is 2.37. The zero-order chi connectivity index (χ0) is 19.7. The first-order valence-corrected chi connectivity index (χ1v) is 8.73. The minimum absolute atomic E-state index is 0.264. The molecule has 0 saturated carbocycles. The number of halogens is 1. The van der Waals surface area contributed by atoms with E-state index in [-0.39, 0.29) is 11.6 Å². The molecule has 3 aromatic heterocycles. The predicted octanol–water partition coefficient (Wildman–Crippen LogP) is 1.97. The minimum Gasteiger partial charge on any atom is -0.356 e. The highest BCUT2D eigenvalue weighted by molar-refractivity contribution is 5.89. The molecule has 4 rings (SSSR count). The van der Waals surface area contributed by atoms with Gasteiger partial charge in [-0.25, -0.2) is 18.7 Å². The zero-order valence-corrected chi connectivity index (χ0v) is 15.1. The lowest BCUT2D eigenvalue weighted by Gasteiger charge is -2.06. The van der Waals surface area contributed by atoms with Gasteiger partial charge >= 0.3 is 5.76 Å². The second-order valence-corrected chi connectivity index (χ2v) is 6.25. The Kier molecular flexibility index (Phi) is 4.62. The van der Waals surface area contributed by atoms with Crippen molar-refractivity contribution in [2.24, 2.45) is 5.73 Å². The number of fused-ring (bicyclic) bond motifs is 1. The molecule has 0 aliphatic heterocycles. The largest absolute Gasteiger partial charge is 0.446 e. The topological polar surface area (TPSA) is 128 Å². The van der Waals surface area contributed by atoms with Crippen molar-refractivity contribution in [1.82, 2.24) is 24.7 Å². The number of hydrogen-bond acceptors (Lipinski definition) is 7. The van der Waals surface area contributed by atoms with E-state index in [9.17, 15) is 9.18 Å². The van der Waals surface area contributed by atoms with E-state index in [1.807, 2.05) is 0 Å².